The van der Waals surface area contributed by atoms with E-state index in [1.807, 2.05) is 43.3 Å². The van der Waals surface area contributed by atoms with Gasteiger partial charge in [0, 0.05) is 0 Å². The van der Waals surface area contributed by atoms with Crippen molar-refractivity contribution in [3.63, 3.8) is 0 Å². The third kappa shape index (κ3) is 3.17. The van der Waals surface area contributed by atoms with Crippen LogP contribution in [0.4, 0.5) is 4.39 Å². The molecule has 0 aromatic heterocycles. The van der Waals surface area contributed by atoms with Gasteiger partial charge in [0.25, 0.3) is 0 Å². The molecule has 2 nitrogen and oxygen atoms in total. The van der Waals surface area contributed by atoms with Crippen molar-refractivity contribution in [2.45, 2.75) is 19.9 Å². The Balaban J connectivity index is 2.35. The lowest BCUT2D eigenvalue weighted by atomic mass is 9.97. The van der Waals surface area contributed by atoms with Crippen molar-refractivity contribution in [1.29, 1.82) is 0 Å². The largest absolute Gasteiger partial charge is 0.497 e. The van der Waals surface area contributed by atoms with Crippen LogP contribution >= 0.6 is 0 Å². The van der Waals surface area contributed by atoms with Crippen LogP contribution in [0.15, 0.2) is 42.5 Å². The average Bonchev–Trinajstić information content (AvgIpc) is 2.48. The fourth-order valence-corrected chi connectivity index (χ4v) is 2.22. The van der Waals surface area contributed by atoms with E-state index in [9.17, 15) is 4.39 Å². The van der Waals surface area contributed by atoms with Crippen molar-refractivity contribution in [3.05, 3.63) is 65.0 Å². The minimum absolute atomic E-state index is 0.0130. The number of nitrogens with one attached hydrogen (secondary N) is 1. The van der Waals surface area contributed by atoms with Crippen molar-refractivity contribution < 1.29 is 9.13 Å². The summed E-state index contributed by atoms with van der Waals surface area (Å²) in [7, 11) is 1.64. The highest BCUT2D eigenvalue weighted by Gasteiger charge is 2.14. The van der Waals surface area contributed by atoms with Crippen molar-refractivity contribution in [1.82, 2.24) is 5.32 Å². The van der Waals surface area contributed by atoms with E-state index in [1.54, 1.807) is 20.1 Å². The molecule has 0 aliphatic rings. The first-order valence-electron chi connectivity index (χ1n) is 6.79. The second-order valence-corrected chi connectivity index (χ2v) is 4.77. The Kier molecular flexibility index (Phi) is 4.74. The van der Waals surface area contributed by atoms with Gasteiger partial charge < -0.3 is 10.1 Å². The van der Waals surface area contributed by atoms with Gasteiger partial charge in [-0.3, -0.25) is 0 Å². The molecule has 0 saturated carbocycles. The summed E-state index contributed by atoms with van der Waals surface area (Å²) >= 11 is 0. The van der Waals surface area contributed by atoms with Gasteiger partial charge >= 0.3 is 0 Å². The Labute approximate surface area is 119 Å². The Morgan fingerprint density at radius 1 is 1.10 bits per heavy atom. The van der Waals surface area contributed by atoms with Gasteiger partial charge in [0.15, 0.2) is 0 Å². The topological polar surface area (TPSA) is 21.3 Å². The highest BCUT2D eigenvalue weighted by atomic mass is 19.1. The van der Waals surface area contributed by atoms with Gasteiger partial charge in [-0.15, -0.1) is 0 Å². The number of methoxy groups -OCH3 is 1. The highest BCUT2D eigenvalue weighted by Crippen LogP contribution is 2.25. The monoisotopic (exact) mass is 273 g/mol. The third-order valence-corrected chi connectivity index (χ3v) is 3.39. The van der Waals surface area contributed by atoms with Crippen LogP contribution in [0.25, 0.3) is 0 Å². The minimum Gasteiger partial charge on any atom is -0.497 e. The van der Waals surface area contributed by atoms with Crippen molar-refractivity contribution in [2.75, 3.05) is 13.7 Å². The summed E-state index contributed by atoms with van der Waals surface area (Å²) in [5, 5.41) is 3.39. The maximum absolute atomic E-state index is 13.8. The molecule has 0 amide bonds. The van der Waals surface area contributed by atoms with Gasteiger partial charge in [-0.1, -0.05) is 31.2 Å². The zero-order valence-electron chi connectivity index (χ0n) is 12.1. The van der Waals surface area contributed by atoms with E-state index < -0.39 is 0 Å². The van der Waals surface area contributed by atoms with E-state index in [0.29, 0.717) is 5.56 Å². The molecule has 0 spiro atoms. The minimum atomic E-state index is -0.168. The Hall–Kier alpha value is -1.87. The summed E-state index contributed by atoms with van der Waals surface area (Å²) in [4.78, 5) is 0. The summed E-state index contributed by atoms with van der Waals surface area (Å²) in [6.07, 6.45) is 0. The first-order chi connectivity index (χ1) is 9.65. The normalized spacial score (nSPS) is 12.2. The van der Waals surface area contributed by atoms with Crippen molar-refractivity contribution in [3.8, 4) is 5.75 Å². The van der Waals surface area contributed by atoms with Gasteiger partial charge in [0.2, 0.25) is 0 Å². The lowest BCUT2D eigenvalue weighted by Gasteiger charge is -2.19. The molecule has 0 fully saturated rings. The van der Waals surface area contributed by atoms with Crippen LogP contribution in [0.1, 0.15) is 29.7 Å². The lowest BCUT2D eigenvalue weighted by molar-refractivity contribution is 0.414. The quantitative estimate of drug-likeness (QED) is 0.893. The lowest BCUT2D eigenvalue weighted by Crippen LogP contribution is -2.22. The van der Waals surface area contributed by atoms with Gasteiger partial charge in [0.1, 0.15) is 11.6 Å². The number of hydrogen-bond donors (Lipinski definition) is 1. The van der Waals surface area contributed by atoms with E-state index in [-0.39, 0.29) is 11.9 Å². The van der Waals surface area contributed by atoms with Crippen molar-refractivity contribution >= 4 is 0 Å². The molecular formula is C17H20FNO. The first-order valence-corrected chi connectivity index (χ1v) is 6.79. The summed E-state index contributed by atoms with van der Waals surface area (Å²) in [5.41, 5.74) is 2.69. The summed E-state index contributed by atoms with van der Waals surface area (Å²) in [6, 6.07) is 13.2. The number of hydrogen-bond acceptors (Lipinski definition) is 2. The predicted octanol–water partition coefficient (Wildman–Crippen LogP) is 3.84. The summed E-state index contributed by atoms with van der Waals surface area (Å²) in [5.74, 6) is 0.651. The standard InChI is InChI=1S/C17H20FNO/c1-4-19-17(13-7-9-15(20-3)10-8-13)14-6-5-12(2)16(18)11-14/h5-11,17,19H,4H2,1-3H3. The molecule has 1 atom stereocenters. The number of aryl methyl sites for hydroxylation is 1. The van der Waals surface area contributed by atoms with Gasteiger partial charge in [0.05, 0.1) is 13.2 Å². The fraction of sp³-hybridized carbons (Fsp3) is 0.294. The van der Waals surface area contributed by atoms with E-state index >= 15 is 0 Å². The van der Waals surface area contributed by atoms with Crippen LogP contribution in [-0.2, 0) is 0 Å². The maximum atomic E-state index is 13.8. The molecule has 2 aromatic carbocycles. The number of halogens is 1. The molecule has 0 bridgehead atoms. The van der Waals surface area contributed by atoms with E-state index in [4.69, 9.17) is 4.74 Å². The molecule has 20 heavy (non-hydrogen) atoms. The molecular weight excluding hydrogens is 253 g/mol. The molecule has 0 radical (unpaired) electrons. The molecule has 106 valence electrons. The Morgan fingerprint density at radius 2 is 1.75 bits per heavy atom. The Morgan fingerprint density at radius 3 is 2.30 bits per heavy atom. The molecule has 2 aromatic rings. The van der Waals surface area contributed by atoms with Crippen LogP contribution in [0, 0.1) is 12.7 Å². The smallest absolute Gasteiger partial charge is 0.126 e. The molecule has 1 N–H and O–H groups in total. The van der Waals surface area contributed by atoms with Crippen LogP contribution in [-0.4, -0.2) is 13.7 Å². The number of ether oxygens (including phenoxy) is 1. The summed E-state index contributed by atoms with van der Waals surface area (Å²) in [6.45, 7) is 4.63. The van der Waals surface area contributed by atoms with E-state index in [0.717, 1.165) is 23.4 Å². The molecule has 0 heterocycles. The van der Waals surface area contributed by atoms with Crippen LogP contribution in [0.5, 0.6) is 5.75 Å². The highest BCUT2D eigenvalue weighted by molar-refractivity contribution is 5.36. The molecule has 1 unspecified atom stereocenters. The van der Waals surface area contributed by atoms with Gasteiger partial charge in [-0.2, -0.15) is 0 Å². The summed E-state index contributed by atoms with van der Waals surface area (Å²) < 4.78 is 18.9. The molecule has 0 aliphatic carbocycles. The maximum Gasteiger partial charge on any atom is 0.126 e. The SMILES string of the molecule is CCNC(c1ccc(OC)cc1)c1ccc(C)c(F)c1. The second kappa shape index (κ2) is 6.53. The molecule has 0 aliphatic heterocycles. The zero-order valence-corrected chi connectivity index (χ0v) is 12.1. The third-order valence-electron chi connectivity index (χ3n) is 3.39. The Bertz CT molecular complexity index is 566. The van der Waals surface area contributed by atoms with Crippen LogP contribution in [0.2, 0.25) is 0 Å². The first kappa shape index (κ1) is 14.5. The zero-order chi connectivity index (χ0) is 14.5. The van der Waals surface area contributed by atoms with Gasteiger partial charge in [-0.05, 0) is 48.4 Å². The van der Waals surface area contributed by atoms with Crippen LogP contribution < -0.4 is 10.1 Å². The predicted molar refractivity (Wildman–Crippen MR) is 79.7 cm³/mol. The molecule has 3 heteroatoms. The average molecular weight is 273 g/mol. The molecule has 2 rings (SSSR count). The fourth-order valence-electron chi connectivity index (χ4n) is 2.22. The molecule has 0 saturated heterocycles. The number of rotatable bonds is 5. The second-order valence-electron chi connectivity index (χ2n) is 4.77. The van der Waals surface area contributed by atoms with Gasteiger partial charge in [-0.25, -0.2) is 4.39 Å². The number of benzene rings is 2. The van der Waals surface area contributed by atoms with E-state index in [1.165, 1.54) is 0 Å². The van der Waals surface area contributed by atoms with E-state index in [2.05, 4.69) is 5.32 Å². The van der Waals surface area contributed by atoms with Crippen LogP contribution in [0.3, 0.4) is 0 Å². The van der Waals surface area contributed by atoms with Crippen molar-refractivity contribution in [2.24, 2.45) is 0 Å².